The molecule has 1 heterocycles. The van der Waals surface area contributed by atoms with Crippen LogP contribution in [-0.2, 0) is 0 Å². The summed E-state index contributed by atoms with van der Waals surface area (Å²) in [5, 5.41) is 7.49. The summed E-state index contributed by atoms with van der Waals surface area (Å²) < 4.78 is 2.43. The topological polar surface area (TPSA) is 8.17 Å². The van der Waals surface area contributed by atoms with Crippen LogP contribution in [-0.4, -0.2) is 4.57 Å². The van der Waals surface area contributed by atoms with Crippen molar-refractivity contribution in [1.29, 1.82) is 0 Å². The molecule has 0 unspecified atom stereocenters. The maximum Gasteiger partial charge on any atom is 0.0547 e. The lowest BCUT2D eigenvalue weighted by Gasteiger charge is -2.27. The predicted molar refractivity (Wildman–Crippen MR) is 247 cm³/mol. The zero-order valence-electron chi connectivity index (χ0n) is 31.8. The molecule has 272 valence electrons. The average molecular weight is 739 g/mol. The van der Waals surface area contributed by atoms with Gasteiger partial charge in [0.2, 0.25) is 0 Å². The Hall–Kier alpha value is -7.68. The molecule has 58 heavy (non-hydrogen) atoms. The van der Waals surface area contributed by atoms with Crippen LogP contribution in [0.15, 0.2) is 231 Å². The number of nitrogens with zero attached hydrogens (tertiary/aromatic N) is 2. The van der Waals surface area contributed by atoms with Gasteiger partial charge in [0, 0.05) is 33.2 Å². The van der Waals surface area contributed by atoms with Crippen LogP contribution in [0.25, 0.3) is 82.4 Å². The molecule has 2 heteroatoms. The van der Waals surface area contributed by atoms with E-state index in [4.69, 9.17) is 0 Å². The molecule has 10 aromatic carbocycles. The van der Waals surface area contributed by atoms with Gasteiger partial charge < -0.3 is 9.47 Å². The quantitative estimate of drug-likeness (QED) is 0.158. The fraction of sp³-hybridized carbons (Fsp3) is 0. The van der Waals surface area contributed by atoms with Gasteiger partial charge >= 0.3 is 0 Å². The van der Waals surface area contributed by atoms with E-state index >= 15 is 0 Å². The smallest absolute Gasteiger partial charge is 0.0547 e. The van der Waals surface area contributed by atoms with Crippen LogP contribution in [0.1, 0.15) is 0 Å². The van der Waals surface area contributed by atoms with Crippen molar-refractivity contribution in [3.8, 4) is 39.1 Å². The molecule has 2 nitrogen and oxygen atoms in total. The Balaban J connectivity index is 1.00. The summed E-state index contributed by atoms with van der Waals surface area (Å²) in [6, 6.07) is 83.5. The van der Waals surface area contributed by atoms with Gasteiger partial charge in [0.25, 0.3) is 0 Å². The second kappa shape index (κ2) is 14.1. The third-order valence-electron chi connectivity index (χ3n) is 11.6. The summed E-state index contributed by atoms with van der Waals surface area (Å²) in [7, 11) is 0. The minimum Gasteiger partial charge on any atom is -0.310 e. The first kappa shape index (κ1) is 33.6. The van der Waals surface area contributed by atoms with Crippen molar-refractivity contribution in [2.75, 3.05) is 4.90 Å². The van der Waals surface area contributed by atoms with E-state index in [0.717, 1.165) is 22.7 Å². The van der Waals surface area contributed by atoms with Gasteiger partial charge in [-0.3, -0.25) is 0 Å². The molecule has 0 saturated carbocycles. The van der Waals surface area contributed by atoms with Gasteiger partial charge in [-0.1, -0.05) is 176 Å². The van der Waals surface area contributed by atoms with Crippen molar-refractivity contribution >= 4 is 60.4 Å². The van der Waals surface area contributed by atoms with Crippen LogP contribution in [0.3, 0.4) is 0 Å². The van der Waals surface area contributed by atoms with Gasteiger partial charge in [0.05, 0.1) is 16.7 Å². The monoisotopic (exact) mass is 738 g/mol. The Kier molecular flexibility index (Phi) is 8.19. The second-order valence-electron chi connectivity index (χ2n) is 14.9. The highest BCUT2D eigenvalue weighted by molar-refractivity contribution is 6.25. The summed E-state index contributed by atoms with van der Waals surface area (Å²) in [5.41, 5.74) is 14.2. The highest BCUT2D eigenvalue weighted by atomic mass is 15.1. The molecular weight excluding hydrogens is 701 g/mol. The lowest BCUT2D eigenvalue weighted by Crippen LogP contribution is -2.10. The van der Waals surface area contributed by atoms with Crippen LogP contribution < -0.4 is 4.90 Å². The first-order valence-electron chi connectivity index (χ1n) is 19.9. The van der Waals surface area contributed by atoms with Crippen LogP contribution in [0.2, 0.25) is 0 Å². The molecule has 0 aliphatic rings. The normalized spacial score (nSPS) is 11.4. The molecule has 0 saturated heterocycles. The molecule has 0 amide bonds. The third-order valence-corrected chi connectivity index (χ3v) is 11.6. The molecule has 0 N–H and O–H groups in total. The second-order valence-corrected chi connectivity index (χ2v) is 14.9. The number of hydrogen-bond donors (Lipinski definition) is 0. The number of anilines is 3. The van der Waals surface area contributed by atoms with E-state index in [0.29, 0.717) is 0 Å². The van der Waals surface area contributed by atoms with E-state index < -0.39 is 0 Å². The van der Waals surface area contributed by atoms with Crippen molar-refractivity contribution < 1.29 is 0 Å². The van der Waals surface area contributed by atoms with E-state index in [9.17, 15) is 0 Å². The van der Waals surface area contributed by atoms with Crippen LogP contribution in [0, 0.1) is 0 Å². The standard InChI is InChI=1S/C56H38N2/c1-3-15-41(16-4-1)47-22-9-10-24-49(47)50-26-13-19-43-33-38-54-56(55(43)50)51-25-11-12-27-53(51)58(54)46-36-31-40(32-37-46)39-29-34-45(35-30-39)57(44-20-5-2-6-21-44)52-28-14-18-42-17-7-8-23-48(42)52/h1-38H. The molecule has 0 aliphatic heterocycles. The fourth-order valence-corrected chi connectivity index (χ4v) is 8.94. The number of aromatic nitrogens is 1. The summed E-state index contributed by atoms with van der Waals surface area (Å²) >= 11 is 0. The molecular formula is C56H38N2. The number of hydrogen-bond acceptors (Lipinski definition) is 1. The van der Waals surface area contributed by atoms with Crippen molar-refractivity contribution in [1.82, 2.24) is 4.57 Å². The van der Waals surface area contributed by atoms with Crippen molar-refractivity contribution in [2.45, 2.75) is 0 Å². The number of rotatable bonds is 7. The molecule has 0 radical (unpaired) electrons. The van der Waals surface area contributed by atoms with Gasteiger partial charge in [-0.15, -0.1) is 0 Å². The molecule has 0 fully saturated rings. The first-order chi connectivity index (χ1) is 28.8. The Morgan fingerprint density at radius 3 is 1.66 bits per heavy atom. The van der Waals surface area contributed by atoms with E-state index in [-0.39, 0.29) is 0 Å². The van der Waals surface area contributed by atoms with Gasteiger partial charge in [-0.2, -0.15) is 0 Å². The zero-order chi connectivity index (χ0) is 38.4. The van der Waals surface area contributed by atoms with E-state index in [1.807, 2.05) is 0 Å². The molecule has 0 aliphatic carbocycles. The molecule has 0 bridgehead atoms. The maximum absolute atomic E-state index is 2.43. The van der Waals surface area contributed by atoms with Gasteiger partial charge in [0.1, 0.15) is 0 Å². The average Bonchev–Trinajstić information content (AvgIpc) is 3.65. The van der Waals surface area contributed by atoms with Crippen LogP contribution in [0.5, 0.6) is 0 Å². The maximum atomic E-state index is 2.43. The van der Waals surface area contributed by atoms with Crippen molar-refractivity contribution in [3.05, 3.63) is 231 Å². The number of fused-ring (bicyclic) bond motifs is 6. The number of benzene rings is 10. The van der Waals surface area contributed by atoms with Gasteiger partial charge in [0.15, 0.2) is 0 Å². The third kappa shape index (κ3) is 5.66. The fourth-order valence-electron chi connectivity index (χ4n) is 8.94. The van der Waals surface area contributed by atoms with E-state index in [2.05, 4.69) is 240 Å². The highest BCUT2D eigenvalue weighted by Gasteiger charge is 2.19. The largest absolute Gasteiger partial charge is 0.310 e. The molecule has 11 rings (SSSR count). The Morgan fingerprint density at radius 2 is 0.862 bits per heavy atom. The lowest BCUT2D eigenvalue weighted by molar-refractivity contribution is 1.18. The van der Waals surface area contributed by atoms with E-state index in [1.165, 1.54) is 76.7 Å². The molecule has 0 atom stereocenters. The van der Waals surface area contributed by atoms with Crippen LogP contribution in [0.4, 0.5) is 17.1 Å². The summed E-state index contributed by atoms with van der Waals surface area (Å²) in [5.74, 6) is 0. The summed E-state index contributed by atoms with van der Waals surface area (Å²) in [6.07, 6.45) is 0. The zero-order valence-corrected chi connectivity index (χ0v) is 31.8. The SMILES string of the molecule is c1ccc(-c2ccccc2-c2cccc3ccc4c(c5ccccc5n4-c4ccc(-c5ccc(N(c6ccccc6)c6cccc7ccccc67)cc5)cc4)c23)cc1. The number of para-hydroxylation sites is 2. The first-order valence-corrected chi connectivity index (χ1v) is 19.9. The summed E-state index contributed by atoms with van der Waals surface area (Å²) in [4.78, 5) is 2.35. The Bertz CT molecular complexity index is 3250. The highest BCUT2D eigenvalue weighted by Crippen LogP contribution is 2.44. The van der Waals surface area contributed by atoms with Crippen LogP contribution >= 0.6 is 0 Å². The minimum absolute atomic E-state index is 1.12. The van der Waals surface area contributed by atoms with Crippen molar-refractivity contribution in [2.24, 2.45) is 0 Å². The molecule has 11 aromatic rings. The minimum atomic E-state index is 1.12. The summed E-state index contributed by atoms with van der Waals surface area (Å²) in [6.45, 7) is 0. The van der Waals surface area contributed by atoms with Crippen molar-refractivity contribution in [3.63, 3.8) is 0 Å². The lowest BCUT2D eigenvalue weighted by atomic mass is 9.90. The predicted octanol–water partition coefficient (Wildman–Crippen LogP) is 15.6. The molecule has 1 aromatic heterocycles. The van der Waals surface area contributed by atoms with Gasteiger partial charge in [-0.25, -0.2) is 0 Å². The Morgan fingerprint density at radius 1 is 0.293 bits per heavy atom. The Labute approximate surface area is 338 Å². The van der Waals surface area contributed by atoms with E-state index in [1.54, 1.807) is 0 Å². The van der Waals surface area contributed by atoms with Gasteiger partial charge in [-0.05, 0) is 104 Å². The molecule has 0 spiro atoms.